The Morgan fingerprint density at radius 3 is 2.80 bits per heavy atom. The van der Waals surface area contributed by atoms with Crippen molar-refractivity contribution in [2.45, 2.75) is 0 Å². The summed E-state index contributed by atoms with van der Waals surface area (Å²) in [5, 5.41) is 8.02. The second-order valence-electron chi connectivity index (χ2n) is 2.78. The van der Waals surface area contributed by atoms with Gasteiger partial charge in [0.15, 0.2) is 0 Å². The molecule has 0 aliphatic carbocycles. The van der Waals surface area contributed by atoms with Crippen LogP contribution in [0, 0.1) is 0 Å². The fourth-order valence-electron chi connectivity index (χ4n) is 0.856. The number of pyridine rings is 1. The summed E-state index contributed by atoms with van der Waals surface area (Å²) in [7, 11) is -3.46. The van der Waals surface area contributed by atoms with E-state index in [1.165, 1.54) is 0 Å². The molecule has 5 nitrogen and oxygen atoms in total. The third-order valence-electron chi connectivity index (χ3n) is 1.49. The van der Waals surface area contributed by atoms with Crippen LogP contribution in [0.2, 0.25) is 5.02 Å². The highest BCUT2D eigenvalue weighted by Crippen LogP contribution is 2.22. The number of hydrogen-bond donors (Lipinski definition) is 2. The predicted octanol–water partition coefficient (Wildman–Crippen LogP) is 1.20. The predicted molar refractivity (Wildman–Crippen MR) is 63.4 cm³/mol. The fourth-order valence-corrected chi connectivity index (χ4v) is 1.94. The molecule has 0 amide bonds. The van der Waals surface area contributed by atoms with Crippen molar-refractivity contribution < 1.29 is 8.42 Å². The molecule has 0 bridgehead atoms. The monoisotopic (exact) mass is 313 g/mol. The van der Waals surface area contributed by atoms with Gasteiger partial charge in [-0.25, -0.2) is 18.5 Å². The van der Waals surface area contributed by atoms with Crippen LogP contribution in [-0.4, -0.2) is 25.7 Å². The number of hydrogen-bond acceptors (Lipinski definition) is 4. The Morgan fingerprint density at radius 2 is 2.27 bits per heavy atom. The summed E-state index contributed by atoms with van der Waals surface area (Å²) in [5.41, 5.74) is 0. The highest BCUT2D eigenvalue weighted by molar-refractivity contribution is 9.10. The van der Waals surface area contributed by atoms with Crippen LogP contribution in [0.25, 0.3) is 0 Å². The molecule has 0 radical (unpaired) electrons. The molecule has 84 valence electrons. The van der Waals surface area contributed by atoms with Gasteiger partial charge in [0.2, 0.25) is 10.0 Å². The van der Waals surface area contributed by atoms with Gasteiger partial charge in [0.05, 0.1) is 10.8 Å². The number of sulfonamides is 1. The SMILES string of the molecule is NS(=O)(=O)CCNc1ncc(Br)cc1Cl. The van der Waals surface area contributed by atoms with Gasteiger partial charge in [0.1, 0.15) is 5.82 Å². The molecule has 0 aliphatic rings. The zero-order valence-corrected chi connectivity index (χ0v) is 10.7. The second-order valence-corrected chi connectivity index (χ2v) is 5.83. The normalized spacial score (nSPS) is 11.4. The Bertz CT molecular complexity index is 452. The number of rotatable bonds is 4. The molecule has 0 atom stereocenters. The van der Waals surface area contributed by atoms with Gasteiger partial charge in [-0.2, -0.15) is 0 Å². The highest BCUT2D eigenvalue weighted by atomic mass is 79.9. The number of primary sulfonamides is 1. The van der Waals surface area contributed by atoms with E-state index in [9.17, 15) is 8.42 Å². The smallest absolute Gasteiger partial charge is 0.210 e. The van der Waals surface area contributed by atoms with Crippen molar-refractivity contribution in [2.75, 3.05) is 17.6 Å². The first-order valence-electron chi connectivity index (χ1n) is 3.94. The second kappa shape index (κ2) is 5.11. The van der Waals surface area contributed by atoms with Crippen molar-refractivity contribution in [1.29, 1.82) is 0 Å². The quantitative estimate of drug-likeness (QED) is 0.874. The zero-order chi connectivity index (χ0) is 11.5. The molecule has 3 N–H and O–H groups in total. The summed E-state index contributed by atoms with van der Waals surface area (Å²) in [6.45, 7) is 0.174. The largest absolute Gasteiger partial charge is 0.368 e. The van der Waals surface area contributed by atoms with Crippen LogP contribution < -0.4 is 10.5 Å². The lowest BCUT2D eigenvalue weighted by Crippen LogP contribution is -2.22. The van der Waals surface area contributed by atoms with E-state index >= 15 is 0 Å². The van der Waals surface area contributed by atoms with Gasteiger partial charge in [0.25, 0.3) is 0 Å². The first-order chi connectivity index (χ1) is 6.88. The fraction of sp³-hybridized carbons (Fsp3) is 0.286. The number of nitrogens with two attached hydrogens (primary N) is 1. The molecule has 1 rings (SSSR count). The minimum Gasteiger partial charge on any atom is -0.368 e. The van der Waals surface area contributed by atoms with Gasteiger partial charge in [-0.05, 0) is 22.0 Å². The minimum atomic E-state index is -3.46. The van der Waals surface area contributed by atoms with Gasteiger partial charge in [-0.15, -0.1) is 0 Å². The molecule has 1 heterocycles. The molecule has 0 aliphatic heterocycles. The third-order valence-corrected chi connectivity index (χ3v) is 2.98. The number of nitrogens with one attached hydrogen (secondary N) is 1. The molecule has 0 spiro atoms. The van der Waals surface area contributed by atoms with Crippen LogP contribution in [0.1, 0.15) is 0 Å². The van der Waals surface area contributed by atoms with E-state index in [4.69, 9.17) is 16.7 Å². The standard InChI is InChI=1S/C7H9BrClN3O2S/c8-5-3-6(9)7(12-4-5)11-1-2-15(10,13)14/h3-4H,1-2H2,(H,11,12)(H2,10,13,14). The Hall–Kier alpha value is -0.370. The molecule has 0 saturated carbocycles. The number of anilines is 1. The van der Waals surface area contributed by atoms with Crippen LogP contribution in [-0.2, 0) is 10.0 Å². The topological polar surface area (TPSA) is 85.1 Å². The van der Waals surface area contributed by atoms with Crippen molar-refractivity contribution in [3.8, 4) is 0 Å². The van der Waals surface area contributed by atoms with Crippen LogP contribution in [0.3, 0.4) is 0 Å². The first-order valence-corrected chi connectivity index (χ1v) is 6.82. The molecule has 8 heteroatoms. The maximum Gasteiger partial charge on any atom is 0.210 e. The highest BCUT2D eigenvalue weighted by Gasteiger charge is 2.05. The van der Waals surface area contributed by atoms with Gasteiger partial charge >= 0.3 is 0 Å². The Labute approximate surface area is 101 Å². The molecule has 0 aromatic carbocycles. The maximum absolute atomic E-state index is 10.6. The van der Waals surface area contributed by atoms with Crippen LogP contribution in [0.5, 0.6) is 0 Å². The van der Waals surface area contributed by atoms with E-state index in [1.807, 2.05) is 0 Å². The molecular formula is C7H9BrClN3O2S. The summed E-state index contributed by atoms with van der Waals surface area (Å²) in [4.78, 5) is 3.97. The molecule has 15 heavy (non-hydrogen) atoms. The van der Waals surface area contributed by atoms with Crippen molar-refractivity contribution in [2.24, 2.45) is 5.14 Å². The summed E-state index contributed by atoms with van der Waals surface area (Å²) in [6.07, 6.45) is 1.56. The van der Waals surface area contributed by atoms with Crippen LogP contribution in [0.15, 0.2) is 16.7 Å². The average molecular weight is 315 g/mol. The van der Waals surface area contributed by atoms with Gasteiger partial charge in [0, 0.05) is 17.2 Å². The van der Waals surface area contributed by atoms with Crippen molar-refractivity contribution in [3.63, 3.8) is 0 Å². The Morgan fingerprint density at radius 1 is 1.60 bits per heavy atom. The Balaban J connectivity index is 2.59. The summed E-state index contributed by atoms with van der Waals surface area (Å²) >= 11 is 9.05. The van der Waals surface area contributed by atoms with E-state index < -0.39 is 10.0 Å². The summed E-state index contributed by atoms with van der Waals surface area (Å²) in [6, 6.07) is 1.66. The van der Waals surface area contributed by atoms with Gasteiger partial charge in [-0.1, -0.05) is 11.6 Å². The average Bonchev–Trinajstić information content (AvgIpc) is 2.07. The molecular weight excluding hydrogens is 306 g/mol. The van der Waals surface area contributed by atoms with Gasteiger partial charge in [-0.3, -0.25) is 0 Å². The minimum absolute atomic E-state index is 0.166. The third kappa shape index (κ3) is 4.78. The van der Waals surface area contributed by atoms with E-state index in [1.54, 1.807) is 12.3 Å². The van der Waals surface area contributed by atoms with Crippen molar-refractivity contribution in [1.82, 2.24) is 4.98 Å². The van der Waals surface area contributed by atoms with Crippen molar-refractivity contribution in [3.05, 3.63) is 21.8 Å². The first kappa shape index (κ1) is 12.7. The lowest BCUT2D eigenvalue weighted by molar-refractivity contribution is 0.598. The molecule has 1 aromatic heterocycles. The summed E-state index contributed by atoms with van der Waals surface area (Å²) in [5.74, 6) is 0.268. The van der Waals surface area contributed by atoms with Gasteiger partial charge < -0.3 is 5.32 Å². The number of aromatic nitrogens is 1. The maximum atomic E-state index is 10.6. The number of nitrogens with zero attached hydrogens (tertiary/aromatic N) is 1. The van der Waals surface area contributed by atoms with E-state index in [0.717, 1.165) is 4.47 Å². The van der Waals surface area contributed by atoms with Crippen LogP contribution in [0.4, 0.5) is 5.82 Å². The molecule has 0 unspecified atom stereocenters. The molecule has 0 saturated heterocycles. The summed E-state index contributed by atoms with van der Waals surface area (Å²) < 4.78 is 22.0. The lowest BCUT2D eigenvalue weighted by atomic mass is 10.4. The molecule has 1 aromatic rings. The molecule has 0 fully saturated rings. The van der Waals surface area contributed by atoms with Crippen molar-refractivity contribution >= 4 is 43.4 Å². The van der Waals surface area contributed by atoms with E-state index in [2.05, 4.69) is 26.2 Å². The van der Waals surface area contributed by atoms with Crippen LogP contribution >= 0.6 is 27.5 Å². The van der Waals surface area contributed by atoms with E-state index in [-0.39, 0.29) is 12.3 Å². The zero-order valence-electron chi connectivity index (χ0n) is 7.57. The lowest BCUT2D eigenvalue weighted by Gasteiger charge is -2.06. The van der Waals surface area contributed by atoms with E-state index in [0.29, 0.717) is 10.8 Å². The Kier molecular flexibility index (Phi) is 4.32. The number of halogens is 2.